The second kappa shape index (κ2) is 8.17. The number of nitrogens with zero attached hydrogens (tertiary/aromatic N) is 1. The first-order chi connectivity index (χ1) is 12.9. The Labute approximate surface area is 164 Å². The molecule has 0 aliphatic carbocycles. The van der Waals surface area contributed by atoms with Gasteiger partial charge in [0.2, 0.25) is 10.0 Å². The summed E-state index contributed by atoms with van der Waals surface area (Å²) in [4.78, 5) is 17.3. The first-order valence-corrected chi connectivity index (χ1v) is 11.2. The molecule has 10 heteroatoms. The zero-order valence-corrected chi connectivity index (χ0v) is 16.8. The highest BCUT2D eigenvalue weighted by Crippen LogP contribution is 2.26. The Morgan fingerprint density at radius 2 is 1.96 bits per heavy atom. The number of primary sulfonamides is 1. The Balaban J connectivity index is 1.63. The Morgan fingerprint density at radius 3 is 2.59 bits per heavy atom. The molecule has 0 aliphatic heterocycles. The quantitative estimate of drug-likeness (QED) is 0.607. The molecule has 0 saturated heterocycles. The van der Waals surface area contributed by atoms with Gasteiger partial charge in [-0.15, -0.1) is 22.7 Å². The number of sulfonamides is 1. The second-order valence-electron chi connectivity index (χ2n) is 5.44. The number of hydrogen-bond acceptors (Lipinski definition) is 7. The predicted octanol–water partition coefficient (Wildman–Crippen LogP) is 2.85. The summed E-state index contributed by atoms with van der Waals surface area (Å²) < 4.78 is 28.0. The van der Waals surface area contributed by atoms with Crippen LogP contribution < -0.4 is 15.2 Å². The minimum atomic E-state index is -3.72. The Kier molecular flexibility index (Phi) is 5.90. The van der Waals surface area contributed by atoms with E-state index in [1.807, 2.05) is 31.2 Å². The molecule has 3 N–H and O–H groups in total. The van der Waals surface area contributed by atoms with Gasteiger partial charge in [-0.2, -0.15) is 0 Å². The van der Waals surface area contributed by atoms with Gasteiger partial charge in [0.1, 0.15) is 20.7 Å². The highest BCUT2D eigenvalue weighted by Gasteiger charge is 2.14. The SMILES string of the molecule is CCOc1ccc(-c2nc(C(=O)NCc3ccc(S(N)(=O)=O)s3)cs2)cc1. The van der Waals surface area contributed by atoms with Gasteiger partial charge >= 0.3 is 0 Å². The van der Waals surface area contributed by atoms with Crippen LogP contribution in [0, 0.1) is 0 Å². The lowest BCUT2D eigenvalue weighted by Gasteiger charge is -2.03. The average Bonchev–Trinajstić information content (AvgIpc) is 3.30. The summed E-state index contributed by atoms with van der Waals surface area (Å²) in [5, 5.41) is 10.2. The summed E-state index contributed by atoms with van der Waals surface area (Å²) in [6.45, 7) is 2.73. The number of nitrogens with one attached hydrogen (secondary N) is 1. The van der Waals surface area contributed by atoms with E-state index < -0.39 is 10.0 Å². The van der Waals surface area contributed by atoms with Crippen LogP contribution in [-0.4, -0.2) is 25.9 Å². The van der Waals surface area contributed by atoms with Gasteiger partial charge in [-0.05, 0) is 43.3 Å². The molecule has 0 fully saturated rings. The molecular weight excluding hydrogens is 406 g/mol. The molecule has 0 unspecified atom stereocenters. The molecule has 0 aliphatic rings. The summed E-state index contributed by atoms with van der Waals surface area (Å²) in [6, 6.07) is 10.6. The van der Waals surface area contributed by atoms with E-state index in [1.165, 1.54) is 17.4 Å². The largest absolute Gasteiger partial charge is 0.494 e. The van der Waals surface area contributed by atoms with Gasteiger partial charge in [0, 0.05) is 15.8 Å². The van der Waals surface area contributed by atoms with Crippen molar-refractivity contribution in [1.82, 2.24) is 10.3 Å². The molecule has 3 rings (SSSR count). The number of thiazole rings is 1. The van der Waals surface area contributed by atoms with Crippen molar-refractivity contribution < 1.29 is 17.9 Å². The fourth-order valence-corrected chi connectivity index (χ4v) is 4.76. The van der Waals surface area contributed by atoms with Crippen LogP contribution in [-0.2, 0) is 16.6 Å². The van der Waals surface area contributed by atoms with Crippen LogP contribution in [0.3, 0.4) is 0 Å². The maximum Gasteiger partial charge on any atom is 0.271 e. The number of carbonyl (C=O) groups is 1. The van der Waals surface area contributed by atoms with Crippen LogP contribution in [0.2, 0.25) is 0 Å². The first-order valence-electron chi connectivity index (χ1n) is 7.95. The molecule has 0 radical (unpaired) electrons. The zero-order valence-electron chi connectivity index (χ0n) is 14.3. The van der Waals surface area contributed by atoms with E-state index in [0.29, 0.717) is 17.2 Å². The lowest BCUT2D eigenvalue weighted by atomic mass is 10.2. The maximum absolute atomic E-state index is 12.3. The third-order valence-electron chi connectivity index (χ3n) is 3.49. The standard InChI is InChI=1S/C17H17N3O4S3/c1-2-24-12-5-3-11(4-6-12)17-20-14(10-25-17)16(21)19-9-13-7-8-15(26-13)27(18,22)23/h3-8,10H,2,9H2,1H3,(H,19,21)(H2,18,22,23). The van der Waals surface area contributed by atoms with E-state index in [4.69, 9.17) is 9.88 Å². The lowest BCUT2D eigenvalue weighted by molar-refractivity contribution is 0.0947. The average molecular weight is 424 g/mol. The van der Waals surface area contributed by atoms with Gasteiger partial charge in [-0.1, -0.05) is 0 Å². The normalized spacial score (nSPS) is 11.3. The molecular formula is C17H17N3O4S3. The van der Waals surface area contributed by atoms with E-state index in [0.717, 1.165) is 27.7 Å². The van der Waals surface area contributed by atoms with Crippen molar-refractivity contribution >= 4 is 38.6 Å². The Hall–Kier alpha value is -2.27. The van der Waals surface area contributed by atoms with Crippen molar-refractivity contribution in [3.63, 3.8) is 0 Å². The van der Waals surface area contributed by atoms with Crippen LogP contribution in [0.25, 0.3) is 10.6 Å². The highest BCUT2D eigenvalue weighted by atomic mass is 32.2. The van der Waals surface area contributed by atoms with Crippen LogP contribution in [0.1, 0.15) is 22.3 Å². The fourth-order valence-electron chi connectivity index (χ4n) is 2.24. The molecule has 2 heterocycles. The van der Waals surface area contributed by atoms with Crippen LogP contribution in [0.5, 0.6) is 5.75 Å². The monoisotopic (exact) mass is 423 g/mol. The van der Waals surface area contributed by atoms with Gasteiger partial charge < -0.3 is 10.1 Å². The molecule has 27 heavy (non-hydrogen) atoms. The fraction of sp³-hybridized carbons (Fsp3) is 0.176. The highest BCUT2D eigenvalue weighted by molar-refractivity contribution is 7.91. The summed E-state index contributed by atoms with van der Waals surface area (Å²) in [6.07, 6.45) is 0. The lowest BCUT2D eigenvalue weighted by Crippen LogP contribution is -2.22. The topological polar surface area (TPSA) is 111 Å². The van der Waals surface area contributed by atoms with Crippen molar-refractivity contribution in [3.8, 4) is 16.3 Å². The molecule has 1 aromatic carbocycles. The van der Waals surface area contributed by atoms with Crippen LogP contribution >= 0.6 is 22.7 Å². The number of thiophene rings is 1. The molecule has 0 saturated carbocycles. The molecule has 0 atom stereocenters. The minimum absolute atomic E-state index is 0.0678. The van der Waals surface area contributed by atoms with E-state index in [1.54, 1.807) is 11.4 Å². The van der Waals surface area contributed by atoms with Crippen molar-refractivity contribution in [2.45, 2.75) is 17.7 Å². The van der Waals surface area contributed by atoms with Gasteiger partial charge in [0.05, 0.1) is 13.2 Å². The number of amides is 1. The van der Waals surface area contributed by atoms with E-state index in [9.17, 15) is 13.2 Å². The summed E-state index contributed by atoms with van der Waals surface area (Å²) in [7, 11) is -3.72. The number of benzene rings is 1. The van der Waals surface area contributed by atoms with Gasteiger partial charge in [-0.3, -0.25) is 4.79 Å². The molecule has 0 spiro atoms. The predicted molar refractivity (Wildman–Crippen MR) is 106 cm³/mol. The first kappa shape index (κ1) is 19.5. The minimum Gasteiger partial charge on any atom is -0.494 e. The number of nitrogens with two attached hydrogens (primary N) is 1. The Bertz CT molecular complexity index is 1040. The van der Waals surface area contributed by atoms with Crippen LogP contribution in [0.15, 0.2) is 46.0 Å². The zero-order chi connectivity index (χ0) is 19.4. The molecule has 142 valence electrons. The third-order valence-corrected chi connectivity index (χ3v) is 6.90. The molecule has 0 bridgehead atoms. The smallest absolute Gasteiger partial charge is 0.271 e. The number of aromatic nitrogens is 1. The molecule has 1 amide bonds. The van der Waals surface area contributed by atoms with E-state index in [-0.39, 0.29) is 16.7 Å². The van der Waals surface area contributed by atoms with Crippen molar-refractivity contribution in [2.75, 3.05) is 6.61 Å². The number of carbonyl (C=O) groups excluding carboxylic acids is 1. The Morgan fingerprint density at radius 1 is 1.22 bits per heavy atom. The number of rotatable bonds is 7. The van der Waals surface area contributed by atoms with Gasteiger partial charge in [0.25, 0.3) is 5.91 Å². The molecule has 7 nitrogen and oxygen atoms in total. The molecule has 3 aromatic rings. The van der Waals surface area contributed by atoms with Crippen molar-refractivity contribution in [2.24, 2.45) is 5.14 Å². The summed E-state index contributed by atoms with van der Waals surface area (Å²) in [5.74, 6) is 0.458. The maximum atomic E-state index is 12.3. The van der Waals surface area contributed by atoms with Gasteiger partial charge in [-0.25, -0.2) is 18.5 Å². The summed E-state index contributed by atoms with van der Waals surface area (Å²) >= 11 is 2.40. The molecule has 2 aromatic heterocycles. The second-order valence-corrected chi connectivity index (χ2v) is 9.26. The van der Waals surface area contributed by atoms with Crippen LogP contribution in [0.4, 0.5) is 0 Å². The number of ether oxygens (including phenoxy) is 1. The van der Waals surface area contributed by atoms with Crippen molar-refractivity contribution in [3.05, 3.63) is 52.3 Å². The van der Waals surface area contributed by atoms with E-state index >= 15 is 0 Å². The van der Waals surface area contributed by atoms with E-state index in [2.05, 4.69) is 10.3 Å². The third kappa shape index (κ3) is 4.92. The van der Waals surface area contributed by atoms with Gasteiger partial charge in [0.15, 0.2) is 0 Å². The van der Waals surface area contributed by atoms with Crippen molar-refractivity contribution in [1.29, 1.82) is 0 Å². The summed E-state index contributed by atoms with van der Waals surface area (Å²) in [5.41, 5.74) is 1.21. The number of hydrogen-bond donors (Lipinski definition) is 2.